The van der Waals surface area contributed by atoms with E-state index in [2.05, 4.69) is 24.1 Å². The second kappa shape index (κ2) is 6.93. The van der Waals surface area contributed by atoms with Crippen molar-refractivity contribution in [1.29, 1.82) is 0 Å². The summed E-state index contributed by atoms with van der Waals surface area (Å²) in [7, 11) is 1.61. The Labute approximate surface area is 121 Å². The fourth-order valence-corrected chi connectivity index (χ4v) is 2.66. The Hall–Kier alpha value is -1.29. The Morgan fingerprint density at radius 2 is 2.25 bits per heavy atom. The topological polar surface area (TPSA) is 24.5 Å². The van der Waals surface area contributed by atoms with Crippen molar-refractivity contribution < 1.29 is 9.13 Å². The molecule has 1 aliphatic rings. The average molecular weight is 280 g/mol. The summed E-state index contributed by atoms with van der Waals surface area (Å²) in [6, 6.07) is 4.94. The van der Waals surface area contributed by atoms with Gasteiger partial charge in [0.15, 0.2) is 0 Å². The van der Waals surface area contributed by atoms with E-state index >= 15 is 0 Å². The number of rotatable bonds is 6. The van der Waals surface area contributed by atoms with Crippen LogP contribution in [0.2, 0.25) is 0 Å². The molecule has 0 amide bonds. The highest BCUT2D eigenvalue weighted by molar-refractivity contribution is 5.52. The third kappa shape index (κ3) is 3.85. The molecule has 1 saturated heterocycles. The molecule has 0 bridgehead atoms. The number of nitrogens with zero attached hydrogens (tertiary/aromatic N) is 1. The van der Waals surface area contributed by atoms with Gasteiger partial charge in [-0.2, -0.15) is 0 Å². The van der Waals surface area contributed by atoms with Gasteiger partial charge in [-0.05, 0) is 43.5 Å². The molecule has 112 valence electrons. The van der Waals surface area contributed by atoms with Crippen LogP contribution in [0.3, 0.4) is 0 Å². The van der Waals surface area contributed by atoms with Crippen LogP contribution in [0.4, 0.5) is 10.1 Å². The van der Waals surface area contributed by atoms with E-state index in [9.17, 15) is 4.39 Å². The lowest BCUT2D eigenvalue weighted by Crippen LogP contribution is -2.29. The fourth-order valence-electron chi connectivity index (χ4n) is 2.66. The zero-order chi connectivity index (χ0) is 14.5. The van der Waals surface area contributed by atoms with Crippen molar-refractivity contribution in [2.45, 2.75) is 20.3 Å². The number of methoxy groups -OCH3 is 1. The van der Waals surface area contributed by atoms with Gasteiger partial charge in [0.05, 0.1) is 12.8 Å². The van der Waals surface area contributed by atoms with Gasteiger partial charge in [0.2, 0.25) is 0 Å². The summed E-state index contributed by atoms with van der Waals surface area (Å²) in [6.07, 6.45) is 1.11. The van der Waals surface area contributed by atoms with Gasteiger partial charge in [-0.3, -0.25) is 0 Å². The van der Waals surface area contributed by atoms with E-state index in [0.29, 0.717) is 23.3 Å². The van der Waals surface area contributed by atoms with Crippen LogP contribution in [-0.2, 0) is 0 Å². The molecule has 1 atom stereocenters. The Kier molecular flexibility index (Phi) is 5.24. The van der Waals surface area contributed by atoms with Crippen LogP contribution in [0.15, 0.2) is 18.2 Å². The summed E-state index contributed by atoms with van der Waals surface area (Å²) in [6.45, 7) is 8.30. The highest BCUT2D eigenvalue weighted by Crippen LogP contribution is 2.29. The van der Waals surface area contributed by atoms with Gasteiger partial charge in [0.25, 0.3) is 0 Å². The fraction of sp³-hybridized carbons (Fsp3) is 0.625. The first-order valence-electron chi connectivity index (χ1n) is 7.39. The van der Waals surface area contributed by atoms with Gasteiger partial charge in [0, 0.05) is 19.2 Å². The number of anilines is 1. The van der Waals surface area contributed by atoms with Gasteiger partial charge in [0.1, 0.15) is 11.6 Å². The van der Waals surface area contributed by atoms with Gasteiger partial charge < -0.3 is 15.0 Å². The molecule has 3 nitrogen and oxygen atoms in total. The first-order valence-corrected chi connectivity index (χ1v) is 7.39. The molecular formula is C16H25FN2O. The van der Waals surface area contributed by atoms with Crippen molar-refractivity contribution in [2.75, 3.05) is 38.2 Å². The van der Waals surface area contributed by atoms with E-state index < -0.39 is 0 Å². The van der Waals surface area contributed by atoms with Crippen molar-refractivity contribution in [2.24, 2.45) is 11.8 Å². The van der Waals surface area contributed by atoms with Crippen LogP contribution in [0, 0.1) is 17.7 Å². The monoisotopic (exact) mass is 280 g/mol. The van der Waals surface area contributed by atoms with E-state index in [0.717, 1.165) is 32.6 Å². The molecule has 0 saturated carbocycles. The van der Waals surface area contributed by atoms with Crippen molar-refractivity contribution in [3.63, 3.8) is 0 Å². The largest absolute Gasteiger partial charge is 0.497 e. The second-order valence-corrected chi connectivity index (χ2v) is 5.97. The Morgan fingerprint density at radius 3 is 2.95 bits per heavy atom. The minimum Gasteiger partial charge on any atom is -0.497 e. The van der Waals surface area contributed by atoms with Crippen molar-refractivity contribution in [3.8, 4) is 5.75 Å². The Morgan fingerprint density at radius 1 is 1.45 bits per heavy atom. The number of hydrogen-bond donors (Lipinski definition) is 1. The molecule has 4 heteroatoms. The quantitative estimate of drug-likeness (QED) is 0.867. The van der Waals surface area contributed by atoms with Crippen molar-refractivity contribution in [1.82, 2.24) is 5.32 Å². The summed E-state index contributed by atoms with van der Waals surface area (Å²) in [4.78, 5) is 2.12. The van der Waals surface area contributed by atoms with Crippen LogP contribution >= 0.6 is 0 Å². The molecule has 1 fully saturated rings. The molecule has 1 N–H and O–H groups in total. The lowest BCUT2D eigenvalue weighted by Gasteiger charge is -2.20. The first kappa shape index (κ1) is 15.1. The standard InChI is InChI=1S/C16H25FN2O/c1-12(2)9-18-10-13-6-7-19(11-13)16-8-14(20-3)4-5-15(16)17/h4-5,8,12-13,18H,6-7,9-11H2,1-3H3. The highest BCUT2D eigenvalue weighted by Gasteiger charge is 2.24. The molecule has 1 heterocycles. The average Bonchev–Trinajstić information content (AvgIpc) is 2.87. The van der Waals surface area contributed by atoms with Gasteiger partial charge in [-0.25, -0.2) is 4.39 Å². The highest BCUT2D eigenvalue weighted by atomic mass is 19.1. The van der Waals surface area contributed by atoms with E-state index in [1.54, 1.807) is 19.2 Å². The SMILES string of the molecule is COc1ccc(F)c(N2CCC(CNCC(C)C)C2)c1. The number of hydrogen-bond acceptors (Lipinski definition) is 3. The zero-order valence-corrected chi connectivity index (χ0v) is 12.7. The van der Waals surface area contributed by atoms with E-state index in [1.807, 2.05) is 0 Å². The summed E-state index contributed by atoms with van der Waals surface area (Å²) in [5.74, 6) is 1.81. The van der Waals surface area contributed by atoms with Crippen LogP contribution < -0.4 is 15.0 Å². The molecular weight excluding hydrogens is 255 g/mol. The smallest absolute Gasteiger partial charge is 0.146 e. The van der Waals surface area contributed by atoms with Crippen molar-refractivity contribution in [3.05, 3.63) is 24.0 Å². The summed E-state index contributed by atoms with van der Waals surface area (Å²) in [5.41, 5.74) is 0.663. The van der Waals surface area contributed by atoms with E-state index in [4.69, 9.17) is 4.74 Å². The second-order valence-electron chi connectivity index (χ2n) is 5.97. The molecule has 0 radical (unpaired) electrons. The summed E-state index contributed by atoms with van der Waals surface area (Å²) < 4.78 is 19.1. The number of halogens is 1. The molecule has 0 spiro atoms. The van der Waals surface area contributed by atoms with Crippen LogP contribution in [0.1, 0.15) is 20.3 Å². The predicted octanol–water partition coefficient (Wildman–Crippen LogP) is 2.91. The number of benzene rings is 1. The third-order valence-corrected chi connectivity index (χ3v) is 3.77. The molecule has 1 unspecified atom stereocenters. The summed E-state index contributed by atoms with van der Waals surface area (Å²) in [5, 5.41) is 3.49. The number of nitrogens with one attached hydrogen (secondary N) is 1. The van der Waals surface area contributed by atoms with Gasteiger partial charge >= 0.3 is 0 Å². The van der Waals surface area contributed by atoms with Crippen molar-refractivity contribution >= 4 is 5.69 Å². The van der Waals surface area contributed by atoms with E-state index in [1.165, 1.54) is 6.07 Å². The maximum absolute atomic E-state index is 13.9. The van der Waals surface area contributed by atoms with Crippen LogP contribution in [-0.4, -0.2) is 33.3 Å². The Bertz CT molecular complexity index is 436. The minimum atomic E-state index is -0.165. The Balaban J connectivity index is 1.92. The lowest BCUT2D eigenvalue weighted by atomic mass is 10.1. The minimum absolute atomic E-state index is 0.165. The van der Waals surface area contributed by atoms with Crippen LogP contribution in [0.5, 0.6) is 5.75 Å². The molecule has 1 aromatic rings. The predicted molar refractivity (Wildman–Crippen MR) is 81.0 cm³/mol. The summed E-state index contributed by atoms with van der Waals surface area (Å²) >= 11 is 0. The maximum Gasteiger partial charge on any atom is 0.146 e. The third-order valence-electron chi connectivity index (χ3n) is 3.77. The molecule has 20 heavy (non-hydrogen) atoms. The first-order chi connectivity index (χ1) is 9.60. The molecule has 0 aromatic heterocycles. The normalized spacial score (nSPS) is 18.9. The molecule has 1 aliphatic heterocycles. The molecule has 1 aromatic carbocycles. The van der Waals surface area contributed by atoms with Gasteiger partial charge in [-0.15, -0.1) is 0 Å². The molecule has 2 rings (SSSR count). The zero-order valence-electron chi connectivity index (χ0n) is 12.7. The number of ether oxygens (including phenoxy) is 1. The maximum atomic E-state index is 13.9. The molecule has 0 aliphatic carbocycles. The van der Waals surface area contributed by atoms with Gasteiger partial charge in [-0.1, -0.05) is 13.8 Å². The lowest BCUT2D eigenvalue weighted by molar-refractivity contribution is 0.413. The van der Waals surface area contributed by atoms with Crippen LogP contribution in [0.25, 0.3) is 0 Å². The van der Waals surface area contributed by atoms with E-state index in [-0.39, 0.29) is 5.82 Å².